The molecule has 2 atom stereocenters. The zero-order valence-corrected chi connectivity index (χ0v) is 12.2. The van der Waals surface area contributed by atoms with E-state index in [1.165, 1.54) is 5.56 Å². The van der Waals surface area contributed by atoms with Crippen molar-refractivity contribution in [3.63, 3.8) is 0 Å². The molecule has 3 heteroatoms. The molecule has 0 aromatic heterocycles. The predicted octanol–water partition coefficient (Wildman–Crippen LogP) is 4.34. The van der Waals surface area contributed by atoms with Gasteiger partial charge in [-0.3, -0.25) is 4.79 Å². The van der Waals surface area contributed by atoms with E-state index in [9.17, 15) is 4.79 Å². The van der Waals surface area contributed by atoms with Crippen molar-refractivity contribution in [2.45, 2.75) is 31.8 Å². The molecule has 1 aromatic rings. The van der Waals surface area contributed by atoms with E-state index in [4.69, 9.17) is 16.3 Å². The molecule has 2 rings (SSSR count). The second-order valence-corrected chi connectivity index (χ2v) is 5.58. The van der Waals surface area contributed by atoms with Gasteiger partial charge in [-0.05, 0) is 43.4 Å². The topological polar surface area (TPSA) is 26.3 Å². The van der Waals surface area contributed by atoms with Gasteiger partial charge >= 0.3 is 5.97 Å². The minimum absolute atomic E-state index is 0.0169. The van der Waals surface area contributed by atoms with E-state index in [0.29, 0.717) is 0 Å². The van der Waals surface area contributed by atoms with Crippen LogP contribution >= 0.6 is 11.6 Å². The van der Waals surface area contributed by atoms with Crippen molar-refractivity contribution in [1.29, 1.82) is 0 Å². The van der Waals surface area contributed by atoms with Gasteiger partial charge in [0.2, 0.25) is 0 Å². The number of carbonyl (C=O) groups is 1. The summed E-state index contributed by atoms with van der Waals surface area (Å²) in [6, 6.07) is 7.75. The summed E-state index contributed by atoms with van der Waals surface area (Å²) < 4.78 is 5.22. The van der Waals surface area contributed by atoms with Crippen molar-refractivity contribution >= 4 is 17.6 Å². The molecule has 1 aromatic carbocycles. The van der Waals surface area contributed by atoms with Crippen molar-refractivity contribution in [2.24, 2.45) is 5.92 Å². The van der Waals surface area contributed by atoms with Gasteiger partial charge in [0.05, 0.1) is 5.92 Å². The number of halogens is 1. The first kappa shape index (κ1) is 14.9. The molecule has 0 spiro atoms. The van der Waals surface area contributed by atoms with Crippen LogP contribution in [0.1, 0.15) is 24.8 Å². The van der Waals surface area contributed by atoms with Crippen LogP contribution in [0.4, 0.5) is 0 Å². The lowest BCUT2D eigenvalue weighted by atomic mass is 9.87. The Morgan fingerprint density at radius 1 is 1.30 bits per heavy atom. The number of hydrogen-bond acceptors (Lipinski definition) is 2. The van der Waals surface area contributed by atoms with Crippen molar-refractivity contribution < 1.29 is 9.53 Å². The summed E-state index contributed by atoms with van der Waals surface area (Å²) in [7, 11) is 0. The SMILES string of the molecule is C=CC(=C)CCC1OC(=O)C1CCc1ccc(Cl)cc1. The Morgan fingerprint density at radius 3 is 2.60 bits per heavy atom. The number of ether oxygens (including phenoxy) is 1. The summed E-state index contributed by atoms with van der Waals surface area (Å²) in [4.78, 5) is 11.5. The third-order valence-corrected chi connectivity index (χ3v) is 3.97. The minimum atomic E-state index is -0.0758. The molecule has 1 saturated heterocycles. The summed E-state index contributed by atoms with van der Waals surface area (Å²) in [5.41, 5.74) is 2.19. The van der Waals surface area contributed by atoms with Crippen molar-refractivity contribution in [1.82, 2.24) is 0 Å². The first-order chi connectivity index (χ1) is 9.60. The Labute approximate surface area is 125 Å². The standard InChI is InChI=1S/C17H19ClO2/c1-3-12(2)4-11-16-15(17(19)20-16)10-7-13-5-8-14(18)9-6-13/h3,5-6,8-9,15-16H,1-2,4,7,10-11H2. The van der Waals surface area contributed by atoms with E-state index >= 15 is 0 Å². The smallest absolute Gasteiger partial charge is 0.313 e. The lowest BCUT2D eigenvalue weighted by Gasteiger charge is -2.35. The first-order valence-corrected chi connectivity index (χ1v) is 7.23. The molecule has 0 radical (unpaired) electrons. The lowest BCUT2D eigenvalue weighted by molar-refractivity contribution is -0.185. The molecular weight excluding hydrogens is 272 g/mol. The van der Waals surface area contributed by atoms with Crippen LogP contribution < -0.4 is 0 Å². The Kier molecular flexibility index (Phi) is 5.02. The second kappa shape index (κ2) is 6.76. The number of carbonyl (C=O) groups excluding carboxylic acids is 1. The van der Waals surface area contributed by atoms with Crippen LogP contribution in [0.3, 0.4) is 0 Å². The summed E-state index contributed by atoms with van der Waals surface area (Å²) >= 11 is 5.85. The van der Waals surface area contributed by atoms with E-state index in [2.05, 4.69) is 13.2 Å². The molecular formula is C17H19ClO2. The van der Waals surface area contributed by atoms with Crippen molar-refractivity contribution in [2.75, 3.05) is 0 Å². The average molecular weight is 291 g/mol. The summed E-state index contributed by atoms with van der Waals surface area (Å²) in [6.07, 6.45) is 5.15. The molecule has 20 heavy (non-hydrogen) atoms. The fourth-order valence-corrected chi connectivity index (χ4v) is 2.49. The molecule has 2 unspecified atom stereocenters. The van der Waals surface area contributed by atoms with Crippen LogP contribution in [-0.4, -0.2) is 12.1 Å². The molecule has 0 saturated carbocycles. The van der Waals surface area contributed by atoms with Gasteiger partial charge in [-0.1, -0.05) is 48.5 Å². The number of esters is 1. The Morgan fingerprint density at radius 2 is 2.00 bits per heavy atom. The van der Waals surface area contributed by atoms with Gasteiger partial charge in [-0.25, -0.2) is 0 Å². The van der Waals surface area contributed by atoms with E-state index in [-0.39, 0.29) is 18.0 Å². The predicted molar refractivity (Wildman–Crippen MR) is 81.7 cm³/mol. The van der Waals surface area contributed by atoms with Crippen LogP contribution in [0.2, 0.25) is 5.02 Å². The third kappa shape index (κ3) is 3.73. The van der Waals surface area contributed by atoms with Gasteiger partial charge in [0.15, 0.2) is 0 Å². The maximum Gasteiger partial charge on any atom is 0.313 e. The number of rotatable bonds is 7. The minimum Gasteiger partial charge on any atom is -0.461 e. The number of benzene rings is 1. The first-order valence-electron chi connectivity index (χ1n) is 6.85. The summed E-state index contributed by atoms with van der Waals surface area (Å²) in [6.45, 7) is 7.56. The number of cyclic esters (lactones) is 1. The fourth-order valence-electron chi connectivity index (χ4n) is 2.36. The fraction of sp³-hybridized carbons (Fsp3) is 0.353. The van der Waals surface area contributed by atoms with Crippen LogP contribution in [0.25, 0.3) is 0 Å². The van der Waals surface area contributed by atoms with Gasteiger partial charge in [-0.2, -0.15) is 0 Å². The largest absolute Gasteiger partial charge is 0.461 e. The van der Waals surface area contributed by atoms with Crippen LogP contribution in [-0.2, 0) is 16.0 Å². The average Bonchev–Trinajstić information content (AvgIpc) is 2.45. The quantitative estimate of drug-likeness (QED) is 0.552. The zero-order chi connectivity index (χ0) is 14.5. The molecule has 2 nitrogen and oxygen atoms in total. The highest BCUT2D eigenvalue weighted by molar-refractivity contribution is 6.30. The molecule has 0 amide bonds. The number of allylic oxidation sites excluding steroid dienone is 2. The number of aryl methyl sites for hydroxylation is 1. The van der Waals surface area contributed by atoms with Crippen LogP contribution in [0.15, 0.2) is 49.1 Å². The molecule has 1 aliphatic rings. The van der Waals surface area contributed by atoms with E-state index in [1.54, 1.807) is 6.08 Å². The highest BCUT2D eigenvalue weighted by Crippen LogP contribution is 2.31. The van der Waals surface area contributed by atoms with Crippen LogP contribution in [0, 0.1) is 5.92 Å². The van der Waals surface area contributed by atoms with Gasteiger partial charge in [0.1, 0.15) is 6.10 Å². The van der Waals surface area contributed by atoms with Gasteiger partial charge < -0.3 is 4.74 Å². The maximum atomic E-state index is 11.5. The van der Waals surface area contributed by atoms with Gasteiger partial charge in [0.25, 0.3) is 0 Å². The highest BCUT2D eigenvalue weighted by atomic mass is 35.5. The highest BCUT2D eigenvalue weighted by Gasteiger charge is 2.41. The summed E-state index contributed by atoms with van der Waals surface area (Å²) in [5, 5.41) is 0.734. The monoisotopic (exact) mass is 290 g/mol. The van der Waals surface area contributed by atoms with Crippen molar-refractivity contribution in [3.05, 3.63) is 59.7 Å². The Balaban J connectivity index is 1.81. The van der Waals surface area contributed by atoms with E-state index in [1.807, 2.05) is 24.3 Å². The molecule has 0 aliphatic carbocycles. The molecule has 0 N–H and O–H groups in total. The van der Waals surface area contributed by atoms with Crippen molar-refractivity contribution in [3.8, 4) is 0 Å². The zero-order valence-electron chi connectivity index (χ0n) is 11.5. The Hall–Kier alpha value is -1.54. The molecule has 106 valence electrons. The van der Waals surface area contributed by atoms with E-state index in [0.717, 1.165) is 36.3 Å². The molecule has 1 aliphatic heterocycles. The normalized spacial score (nSPS) is 20.9. The lowest BCUT2D eigenvalue weighted by Crippen LogP contribution is -2.45. The third-order valence-electron chi connectivity index (χ3n) is 3.71. The Bertz CT molecular complexity index is 504. The van der Waals surface area contributed by atoms with Gasteiger partial charge in [0, 0.05) is 5.02 Å². The second-order valence-electron chi connectivity index (χ2n) is 5.15. The molecule has 1 fully saturated rings. The molecule has 1 heterocycles. The van der Waals surface area contributed by atoms with E-state index < -0.39 is 0 Å². The summed E-state index contributed by atoms with van der Waals surface area (Å²) in [5.74, 6) is -0.0588. The van der Waals surface area contributed by atoms with Crippen LogP contribution in [0.5, 0.6) is 0 Å². The maximum absolute atomic E-state index is 11.5. The number of hydrogen-bond donors (Lipinski definition) is 0. The van der Waals surface area contributed by atoms with Gasteiger partial charge in [-0.15, -0.1) is 0 Å². The molecule has 0 bridgehead atoms.